The highest BCUT2D eigenvalue weighted by atomic mass is 16.5. The van der Waals surface area contributed by atoms with E-state index in [9.17, 15) is 14.7 Å². The van der Waals surface area contributed by atoms with Gasteiger partial charge in [0.25, 0.3) is 0 Å². The van der Waals surface area contributed by atoms with Gasteiger partial charge in [-0.15, -0.1) is 0 Å². The smallest absolute Gasteiger partial charge is 0.338 e. The Kier molecular flexibility index (Phi) is 8.27. The molecule has 162 valence electrons. The van der Waals surface area contributed by atoms with Crippen LogP contribution < -0.4 is 4.74 Å². The zero-order valence-electron chi connectivity index (χ0n) is 16.9. The lowest BCUT2D eigenvalue weighted by atomic mass is 10.2. The largest absolute Gasteiger partial charge is 0.508 e. The van der Waals surface area contributed by atoms with E-state index in [1.807, 2.05) is 30.3 Å². The number of benzene rings is 3. The molecule has 0 bridgehead atoms. The van der Waals surface area contributed by atoms with Crippen molar-refractivity contribution in [3.8, 4) is 23.0 Å². The van der Waals surface area contributed by atoms with Crippen LogP contribution in [0, 0.1) is 0 Å². The third-order valence-corrected chi connectivity index (χ3v) is 3.88. The fraction of sp³-hybridized carbons (Fsp3) is 0.130. The number of ether oxygens (including phenoxy) is 3. The third-order valence-electron chi connectivity index (χ3n) is 3.88. The SMILES string of the molecule is COC(=O)c1cc(O)cc(O)c1.COC(=O)c1cc(O)cc(OCc2ccccc2)c1. The number of esters is 2. The number of phenols is 3. The third kappa shape index (κ3) is 7.28. The van der Waals surface area contributed by atoms with Crippen LogP contribution in [0.25, 0.3) is 0 Å². The summed E-state index contributed by atoms with van der Waals surface area (Å²) in [7, 11) is 2.51. The molecule has 0 saturated heterocycles. The van der Waals surface area contributed by atoms with Gasteiger partial charge >= 0.3 is 11.9 Å². The Balaban J connectivity index is 0.000000245. The predicted octanol–water partition coefficient (Wildman–Crippen LogP) is 3.64. The molecule has 3 N–H and O–H groups in total. The number of aromatic hydroxyl groups is 3. The number of methoxy groups -OCH3 is 2. The van der Waals surface area contributed by atoms with Crippen molar-refractivity contribution in [3.05, 3.63) is 83.4 Å². The van der Waals surface area contributed by atoms with E-state index in [-0.39, 0.29) is 28.4 Å². The van der Waals surface area contributed by atoms with Crippen LogP contribution in [0.15, 0.2) is 66.7 Å². The van der Waals surface area contributed by atoms with E-state index in [1.54, 1.807) is 0 Å². The summed E-state index contributed by atoms with van der Waals surface area (Å²) in [6, 6.07) is 17.5. The molecular weight excluding hydrogens is 404 g/mol. The van der Waals surface area contributed by atoms with Gasteiger partial charge in [0.05, 0.1) is 25.3 Å². The van der Waals surface area contributed by atoms with Crippen LogP contribution >= 0.6 is 0 Å². The van der Waals surface area contributed by atoms with Gasteiger partial charge in [-0.2, -0.15) is 0 Å². The maximum Gasteiger partial charge on any atom is 0.338 e. The maximum absolute atomic E-state index is 11.4. The fourth-order valence-electron chi connectivity index (χ4n) is 2.47. The highest BCUT2D eigenvalue weighted by Gasteiger charge is 2.09. The molecule has 8 heteroatoms. The second-order valence-electron chi connectivity index (χ2n) is 6.21. The monoisotopic (exact) mass is 426 g/mol. The Hall–Kier alpha value is -4.20. The van der Waals surface area contributed by atoms with Gasteiger partial charge in [-0.05, 0) is 29.8 Å². The molecule has 8 nitrogen and oxygen atoms in total. The molecule has 0 aliphatic carbocycles. The predicted molar refractivity (Wildman–Crippen MR) is 111 cm³/mol. The lowest BCUT2D eigenvalue weighted by molar-refractivity contribution is 0.0591. The summed E-state index contributed by atoms with van der Waals surface area (Å²) in [5.41, 5.74) is 1.38. The Bertz CT molecular complexity index is 1010. The van der Waals surface area contributed by atoms with E-state index in [0.717, 1.165) is 11.6 Å². The van der Waals surface area contributed by atoms with Crippen molar-refractivity contribution in [2.45, 2.75) is 6.61 Å². The van der Waals surface area contributed by atoms with E-state index in [4.69, 9.17) is 14.9 Å². The highest BCUT2D eigenvalue weighted by Crippen LogP contribution is 2.23. The molecule has 31 heavy (non-hydrogen) atoms. The van der Waals surface area contributed by atoms with Crippen LogP contribution in [0.3, 0.4) is 0 Å². The zero-order valence-corrected chi connectivity index (χ0v) is 16.9. The summed E-state index contributed by atoms with van der Waals surface area (Å²) < 4.78 is 14.5. The molecule has 3 rings (SSSR count). The van der Waals surface area contributed by atoms with Crippen molar-refractivity contribution < 1.29 is 39.1 Å². The van der Waals surface area contributed by atoms with E-state index >= 15 is 0 Å². The number of hydrogen-bond acceptors (Lipinski definition) is 8. The molecular formula is C23H22O8. The molecule has 0 saturated carbocycles. The van der Waals surface area contributed by atoms with Gasteiger partial charge in [0, 0.05) is 12.1 Å². The van der Waals surface area contributed by atoms with Crippen molar-refractivity contribution in [2.24, 2.45) is 0 Å². The molecule has 0 fully saturated rings. The summed E-state index contributed by atoms with van der Waals surface area (Å²) in [6.07, 6.45) is 0. The summed E-state index contributed by atoms with van der Waals surface area (Å²) in [5.74, 6) is -1.07. The molecule has 0 aromatic heterocycles. The van der Waals surface area contributed by atoms with Crippen molar-refractivity contribution in [2.75, 3.05) is 14.2 Å². The van der Waals surface area contributed by atoms with Crippen LogP contribution in [-0.4, -0.2) is 41.5 Å². The zero-order chi connectivity index (χ0) is 22.8. The first-order valence-corrected chi connectivity index (χ1v) is 9.02. The summed E-state index contributed by atoms with van der Waals surface area (Å²) >= 11 is 0. The van der Waals surface area contributed by atoms with Crippen LogP contribution in [0.2, 0.25) is 0 Å². The first-order valence-electron chi connectivity index (χ1n) is 9.02. The lowest BCUT2D eigenvalue weighted by Crippen LogP contribution is -2.02. The molecule has 0 spiro atoms. The van der Waals surface area contributed by atoms with E-state index in [0.29, 0.717) is 12.4 Å². The Morgan fingerprint density at radius 3 is 1.71 bits per heavy atom. The molecule has 3 aromatic rings. The number of carbonyl (C=O) groups is 2. The Morgan fingerprint density at radius 2 is 1.19 bits per heavy atom. The minimum Gasteiger partial charge on any atom is -0.508 e. The normalized spacial score (nSPS) is 9.74. The molecule has 0 unspecified atom stereocenters. The average molecular weight is 426 g/mol. The number of phenolic OH excluding ortho intramolecular Hbond substituents is 3. The highest BCUT2D eigenvalue weighted by molar-refractivity contribution is 5.90. The summed E-state index contributed by atoms with van der Waals surface area (Å²) in [4.78, 5) is 22.3. The van der Waals surface area contributed by atoms with Gasteiger partial charge < -0.3 is 29.5 Å². The van der Waals surface area contributed by atoms with Crippen LogP contribution in [0.5, 0.6) is 23.0 Å². The van der Waals surface area contributed by atoms with Gasteiger partial charge in [-0.1, -0.05) is 30.3 Å². The number of hydrogen-bond donors (Lipinski definition) is 3. The van der Waals surface area contributed by atoms with Crippen molar-refractivity contribution >= 4 is 11.9 Å². The van der Waals surface area contributed by atoms with Crippen LogP contribution in [0.4, 0.5) is 0 Å². The van der Waals surface area contributed by atoms with Crippen molar-refractivity contribution in [1.29, 1.82) is 0 Å². The van der Waals surface area contributed by atoms with Crippen LogP contribution in [-0.2, 0) is 16.1 Å². The van der Waals surface area contributed by atoms with Crippen LogP contribution in [0.1, 0.15) is 26.3 Å². The second-order valence-corrected chi connectivity index (χ2v) is 6.21. The summed E-state index contributed by atoms with van der Waals surface area (Å²) in [5, 5.41) is 27.5. The molecule has 0 atom stereocenters. The maximum atomic E-state index is 11.4. The first kappa shape index (κ1) is 23.1. The molecule has 0 aliphatic rings. The van der Waals surface area contributed by atoms with E-state index in [1.165, 1.54) is 44.6 Å². The lowest BCUT2D eigenvalue weighted by Gasteiger charge is -2.08. The second kappa shape index (κ2) is 11.1. The molecule has 3 aromatic carbocycles. The first-order chi connectivity index (χ1) is 14.8. The van der Waals surface area contributed by atoms with Crippen molar-refractivity contribution in [3.63, 3.8) is 0 Å². The fourth-order valence-corrected chi connectivity index (χ4v) is 2.47. The summed E-state index contributed by atoms with van der Waals surface area (Å²) in [6.45, 7) is 0.366. The topological polar surface area (TPSA) is 123 Å². The van der Waals surface area contributed by atoms with Gasteiger partial charge in [0.15, 0.2) is 0 Å². The average Bonchev–Trinajstić information content (AvgIpc) is 2.76. The molecule has 0 radical (unpaired) electrons. The van der Waals surface area contributed by atoms with Gasteiger partial charge in [0.1, 0.15) is 29.6 Å². The Morgan fingerprint density at radius 1 is 0.710 bits per heavy atom. The minimum absolute atomic E-state index is 0.0361. The van der Waals surface area contributed by atoms with E-state index < -0.39 is 11.9 Å². The quantitative estimate of drug-likeness (QED) is 0.529. The molecule has 0 heterocycles. The Labute approximate surface area is 178 Å². The van der Waals surface area contributed by atoms with Gasteiger partial charge in [0.2, 0.25) is 0 Å². The van der Waals surface area contributed by atoms with Gasteiger partial charge in [-0.25, -0.2) is 9.59 Å². The van der Waals surface area contributed by atoms with Crippen molar-refractivity contribution in [1.82, 2.24) is 0 Å². The molecule has 0 aliphatic heterocycles. The number of carbonyl (C=O) groups excluding carboxylic acids is 2. The number of rotatable bonds is 5. The standard InChI is InChI=1S/C15H14O4.C8H8O4/c1-18-15(17)12-7-13(16)9-14(8-12)19-10-11-5-3-2-4-6-11;1-12-8(11)5-2-6(9)4-7(10)3-5/h2-9,16H,10H2,1H3;2-4,9-10H,1H3. The van der Waals surface area contributed by atoms with Gasteiger partial charge in [-0.3, -0.25) is 0 Å². The minimum atomic E-state index is -0.596. The molecule has 0 amide bonds. The van der Waals surface area contributed by atoms with E-state index in [2.05, 4.69) is 9.47 Å².